The average Bonchev–Trinajstić information content (AvgIpc) is 2.89. The van der Waals surface area contributed by atoms with Crippen molar-refractivity contribution >= 4 is 28.8 Å². The van der Waals surface area contributed by atoms with E-state index in [1.165, 1.54) is 12.6 Å². The van der Waals surface area contributed by atoms with Gasteiger partial charge in [0.2, 0.25) is 0 Å². The predicted molar refractivity (Wildman–Crippen MR) is 73.1 cm³/mol. The molecule has 2 heterocycles. The van der Waals surface area contributed by atoms with Crippen molar-refractivity contribution in [3.8, 4) is 0 Å². The quantitative estimate of drug-likeness (QED) is 0.431. The number of hydrogen-bond donors (Lipinski definition) is 0. The van der Waals surface area contributed by atoms with Crippen molar-refractivity contribution in [3.05, 3.63) is 52.5 Å². The number of ether oxygens (including phenoxy) is 1. The van der Waals surface area contributed by atoms with Crippen LogP contribution in [0.1, 0.15) is 11.5 Å². The van der Waals surface area contributed by atoms with E-state index in [1.807, 2.05) is 12.1 Å². The van der Waals surface area contributed by atoms with Crippen LogP contribution in [0.4, 0.5) is 5.82 Å². The number of furan rings is 1. The molecule has 0 aliphatic rings. The second-order valence-electron chi connectivity index (χ2n) is 3.79. The van der Waals surface area contributed by atoms with Crippen molar-refractivity contribution < 1.29 is 57.2 Å². The Morgan fingerprint density at radius 2 is 2.19 bits per heavy atom. The Morgan fingerprint density at radius 1 is 1.43 bits per heavy atom. The van der Waals surface area contributed by atoms with Crippen LogP contribution in [0.5, 0.6) is 0 Å². The summed E-state index contributed by atoms with van der Waals surface area (Å²) in [6, 6.07) is 3.64. The molecule has 0 aromatic carbocycles. The van der Waals surface area contributed by atoms with E-state index in [2.05, 4.69) is 26.9 Å². The molecule has 2 aromatic rings. The van der Waals surface area contributed by atoms with Gasteiger partial charge in [0.05, 0.1) is 0 Å². The largest absolute Gasteiger partial charge is 0 e. The molecule has 105 valence electrons. The van der Waals surface area contributed by atoms with Gasteiger partial charge >= 0.3 is 125 Å². The molecule has 5 nitrogen and oxygen atoms in total. The third-order valence-electron chi connectivity index (χ3n) is 2.44. The fourth-order valence-corrected chi connectivity index (χ4v) is 1.86. The topological polar surface area (TPSA) is 72.0 Å². The van der Waals surface area contributed by atoms with Gasteiger partial charge in [0, 0.05) is 31.1 Å². The van der Waals surface area contributed by atoms with E-state index in [0.717, 1.165) is 4.23 Å². The molecule has 2 rings (SSSR count). The Hall–Kier alpha value is -1.05. The molecule has 0 saturated carbocycles. The maximum absolute atomic E-state index is 7.72. The molecule has 0 fully saturated rings. The zero-order valence-electron chi connectivity index (χ0n) is 11.2. The van der Waals surface area contributed by atoms with Gasteiger partial charge in [-0.15, -0.1) is 0 Å². The predicted octanol–water partition coefficient (Wildman–Crippen LogP) is 1.21. The van der Waals surface area contributed by atoms with Crippen LogP contribution in [-0.4, -0.2) is 21.3 Å². The first-order chi connectivity index (χ1) is 9.61. The molecular formula is C14H11N3O2UV-2. The summed E-state index contributed by atoms with van der Waals surface area (Å²) in [5, 5.41) is 0.730. The first-order valence-electron chi connectivity index (χ1n) is 5.64. The maximum atomic E-state index is 7.72. The van der Waals surface area contributed by atoms with E-state index < -0.39 is 0 Å². The fourth-order valence-electron chi connectivity index (χ4n) is 1.47. The average molecular weight is 542 g/mol. The Bertz CT molecular complexity index is 771. The summed E-state index contributed by atoms with van der Waals surface area (Å²) in [4.78, 5) is 7.67. The van der Waals surface area contributed by atoms with Gasteiger partial charge in [-0.3, -0.25) is 0 Å². The summed E-state index contributed by atoms with van der Waals surface area (Å²) in [6.07, 6.45) is 6.21. The molecule has 1 N–H and O–H groups in total. The van der Waals surface area contributed by atoms with Gasteiger partial charge in [-0.05, 0) is 0 Å². The van der Waals surface area contributed by atoms with Gasteiger partial charge in [-0.2, -0.15) is 0 Å². The van der Waals surface area contributed by atoms with E-state index in [1.54, 1.807) is 19.3 Å². The number of hydrogen-bond acceptors (Lipinski definition) is 4. The first kappa shape index (κ1) is 18.0. The molecule has 0 aliphatic carbocycles. The van der Waals surface area contributed by atoms with Crippen LogP contribution in [0, 0.1) is 31.1 Å². The van der Waals surface area contributed by atoms with Crippen LogP contribution in [0.25, 0.3) is 24.5 Å². The third-order valence-corrected chi connectivity index (χ3v) is 2.99. The van der Waals surface area contributed by atoms with Crippen molar-refractivity contribution in [2.24, 2.45) is 0 Å². The Morgan fingerprint density at radius 3 is 2.86 bits per heavy atom. The summed E-state index contributed by atoms with van der Waals surface area (Å²) < 4.78 is 11.2. The van der Waals surface area contributed by atoms with Crippen molar-refractivity contribution in [1.82, 2.24) is 9.97 Å². The fraction of sp³-hybridized carbons (Fsp3) is 0.0714. The summed E-state index contributed by atoms with van der Waals surface area (Å²) >= 11 is 2.38. The Balaban J connectivity index is 0.00000220. The van der Waals surface area contributed by atoms with Gasteiger partial charge < -0.3 is 0 Å². The van der Waals surface area contributed by atoms with E-state index in [-0.39, 0.29) is 42.3 Å². The SMILES string of the molecule is [CH-]=c1ncnc([NH-])/c1=C/[C](=[V])c1ccc(/C=C/OC)o1.[U]. The van der Waals surface area contributed by atoms with Gasteiger partial charge in [0.1, 0.15) is 0 Å². The first-order valence-corrected chi connectivity index (χ1v) is 6.34. The van der Waals surface area contributed by atoms with Crippen LogP contribution < -0.4 is 10.6 Å². The molecule has 0 amide bonds. The maximum Gasteiger partial charge on any atom is 0 e. The molecule has 0 aliphatic heterocycles. The summed E-state index contributed by atoms with van der Waals surface area (Å²) in [7, 11) is 1.57. The minimum atomic E-state index is 0. The molecule has 0 atom stereocenters. The van der Waals surface area contributed by atoms with Crippen molar-refractivity contribution in [3.63, 3.8) is 0 Å². The molecule has 0 unspecified atom stereocenters. The van der Waals surface area contributed by atoms with Gasteiger partial charge in [0.25, 0.3) is 0 Å². The zero-order valence-corrected chi connectivity index (χ0v) is 16.8. The van der Waals surface area contributed by atoms with Crippen LogP contribution in [-0.2, 0) is 21.7 Å². The van der Waals surface area contributed by atoms with Crippen LogP contribution in [0.2, 0.25) is 0 Å². The number of nitrogens with zero attached hydrogens (tertiary/aromatic N) is 2. The van der Waals surface area contributed by atoms with Crippen LogP contribution in [0.15, 0.2) is 29.1 Å². The molecular weight excluding hydrogens is 531 g/mol. The summed E-state index contributed by atoms with van der Waals surface area (Å²) in [5.41, 5.74) is 7.72. The third kappa shape index (κ3) is 4.72. The molecule has 0 saturated heterocycles. The number of aromatic nitrogens is 2. The minimum absolute atomic E-state index is 0. The minimum Gasteiger partial charge on any atom is 0 e. The number of methoxy groups -OCH3 is 1. The van der Waals surface area contributed by atoms with E-state index in [9.17, 15) is 0 Å². The standard InChI is InChI=1S/C14H11N3O2.U.V/c1-10-13(14(15)17-9-16-10)6-5-11-3-4-12(19-11)7-8-18-2;;/h1,3-4,6-9H,2H3,(H-,15,16,17);;/q-2;;/b8-7+,13-6+;;. The number of nitrogens with one attached hydrogen (secondary N) is 1. The Kier molecular flexibility index (Phi) is 7.20. The van der Waals surface area contributed by atoms with Gasteiger partial charge in [0.15, 0.2) is 0 Å². The smallest absolute Gasteiger partial charge is 0 e. The summed E-state index contributed by atoms with van der Waals surface area (Å²) in [6.45, 7) is 5.74. The van der Waals surface area contributed by atoms with Crippen molar-refractivity contribution in [1.29, 1.82) is 0 Å². The summed E-state index contributed by atoms with van der Waals surface area (Å²) in [5.74, 6) is 1.40. The molecule has 7 heteroatoms. The molecule has 0 bridgehead atoms. The van der Waals surface area contributed by atoms with Crippen molar-refractivity contribution in [2.75, 3.05) is 7.11 Å². The van der Waals surface area contributed by atoms with Crippen LogP contribution >= 0.6 is 0 Å². The van der Waals surface area contributed by atoms with E-state index in [0.29, 0.717) is 16.7 Å². The zero-order chi connectivity index (χ0) is 14.5. The normalized spacial score (nSPS) is 11.3. The molecule has 21 heavy (non-hydrogen) atoms. The number of rotatable bonds is 4. The van der Waals surface area contributed by atoms with Crippen LogP contribution in [0.3, 0.4) is 0 Å². The van der Waals surface area contributed by atoms with E-state index >= 15 is 0 Å². The monoisotopic (exact) mass is 542 g/mol. The van der Waals surface area contributed by atoms with Crippen molar-refractivity contribution in [2.45, 2.75) is 0 Å². The van der Waals surface area contributed by atoms with E-state index in [4.69, 9.17) is 21.5 Å². The van der Waals surface area contributed by atoms with Gasteiger partial charge in [-0.25, -0.2) is 0 Å². The second kappa shape index (κ2) is 8.40. The molecule has 2 aromatic heterocycles. The molecule has 0 spiro atoms. The molecule has 0 radical (unpaired) electrons. The Labute approximate surface area is 154 Å². The van der Waals surface area contributed by atoms with Gasteiger partial charge in [-0.1, -0.05) is 0 Å². The second-order valence-corrected chi connectivity index (χ2v) is 4.54.